The van der Waals surface area contributed by atoms with Crippen LogP contribution in [0.5, 0.6) is 0 Å². The average Bonchev–Trinajstić information content (AvgIpc) is 3.23. The Morgan fingerprint density at radius 3 is 2.64 bits per heavy atom. The Morgan fingerprint density at radius 2 is 2.00 bits per heavy atom. The lowest BCUT2D eigenvalue weighted by molar-refractivity contribution is -0.131. The molecule has 1 saturated heterocycles. The molecule has 1 fully saturated rings. The van der Waals surface area contributed by atoms with Gasteiger partial charge in [0.15, 0.2) is 0 Å². The van der Waals surface area contributed by atoms with E-state index in [9.17, 15) is 9.59 Å². The molecule has 0 atom stereocenters. The Morgan fingerprint density at radius 1 is 1.25 bits per heavy atom. The summed E-state index contributed by atoms with van der Waals surface area (Å²) >= 11 is 0. The molecule has 0 aliphatic carbocycles. The van der Waals surface area contributed by atoms with Crippen molar-refractivity contribution in [1.29, 1.82) is 0 Å². The van der Waals surface area contributed by atoms with Crippen LogP contribution in [0.1, 0.15) is 28.8 Å². The number of benzene rings is 1. The van der Waals surface area contributed by atoms with Crippen LogP contribution in [0.4, 0.5) is 0 Å². The number of hydrogen-bond acceptors (Lipinski definition) is 4. The third-order valence-corrected chi connectivity index (χ3v) is 5.08. The van der Waals surface area contributed by atoms with E-state index in [2.05, 4.69) is 15.7 Å². The maximum absolute atomic E-state index is 13.0. The lowest BCUT2D eigenvalue weighted by Gasteiger charge is -2.36. The summed E-state index contributed by atoms with van der Waals surface area (Å²) in [6.07, 6.45) is 5.68. The number of halogens is 1. The van der Waals surface area contributed by atoms with Crippen molar-refractivity contribution in [2.45, 2.75) is 24.8 Å². The number of carbonyl (C=O) groups excluding carboxylic acids is 2. The Labute approximate surface area is 171 Å². The number of nitrogens with zero attached hydrogens (tertiary/aromatic N) is 3. The number of rotatable bonds is 6. The molecule has 3 rings (SSSR count). The fourth-order valence-electron chi connectivity index (χ4n) is 3.53. The van der Waals surface area contributed by atoms with Crippen molar-refractivity contribution < 1.29 is 9.59 Å². The quantitative estimate of drug-likeness (QED) is 0.762. The predicted molar refractivity (Wildman–Crippen MR) is 111 cm³/mol. The molecule has 1 aliphatic heterocycles. The molecule has 2 N–H and O–H groups in total. The summed E-state index contributed by atoms with van der Waals surface area (Å²) in [5, 5.41) is 10.7. The highest BCUT2D eigenvalue weighted by atomic mass is 35.5. The van der Waals surface area contributed by atoms with Crippen LogP contribution >= 0.6 is 12.4 Å². The van der Waals surface area contributed by atoms with E-state index in [1.165, 1.54) is 0 Å². The van der Waals surface area contributed by atoms with E-state index >= 15 is 0 Å². The molecular weight excluding hydrogens is 378 g/mol. The van der Waals surface area contributed by atoms with Crippen LogP contribution in [0.2, 0.25) is 0 Å². The van der Waals surface area contributed by atoms with Crippen LogP contribution in [0, 0.1) is 0 Å². The number of nitrogens with one attached hydrogen (secondary N) is 2. The number of carbonyl (C=O) groups is 2. The van der Waals surface area contributed by atoms with E-state index in [4.69, 9.17) is 0 Å². The van der Waals surface area contributed by atoms with Gasteiger partial charge in [-0.3, -0.25) is 14.3 Å². The van der Waals surface area contributed by atoms with Gasteiger partial charge in [-0.25, -0.2) is 0 Å². The maximum atomic E-state index is 13.0. The molecule has 28 heavy (non-hydrogen) atoms. The Bertz CT molecular complexity index is 786. The average molecular weight is 406 g/mol. The molecule has 2 aromatic rings. The Hall–Kier alpha value is -2.38. The zero-order chi connectivity index (χ0) is 19.3. The molecule has 152 valence electrons. The first-order chi connectivity index (χ1) is 13.0. The standard InChI is InChI=1S/C20H27N5O2.ClH/c1-24(2)18(26)17-6-3-5-16(15-17)7-11-22-19(27)20(8-12-21-13-9-20)25-14-4-10-23-25;/h3-6,10,14-15,21H,7-9,11-13H2,1-2H3,(H,22,27);1H. The van der Waals surface area contributed by atoms with Gasteiger partial charge in [0, 0.05) is 38.6 Å². The lowest BCUT2D eigenvalue weighted by atomic mass is 9.87. The van der Waals surface area contributed by atoms with Gasteiger partial charge in [-0.05, 0) is 56.1 Å². The molecular formula is C20H28ClN5O2. The van der Waals surface area contributed by atoms with Gasteiger partial charge in [0.25, 0.3) is 5.91 Å². The van der Waals surface area contributed by atoms with Crippen molar-refractivity contribution in [1.82, 2.24) is 25.3 Å². The summed E-state index contributed by atoms with van der Waals surface area (Å²) in [7, 11) is 3.48. The minimum atomic E-state index is -0.627. The SMILES string of the molecule is CN(C)C(=O)c1cccc(CCNC(=O)C2(n3cccn3)CCNCC2)c1.Cl. The zero-order valence-electron chi connectivity index (χ0n) is 16.4. The summed E-state index contributed by atoms with van der Waals surface area (Å²) in [5.74, 6) is -0.0125. The Kier molecular flexibility index (Phi) is 7.60. The second-order valence-corrected chi connectivity index (χ2v) is 7.14. The van der Waals surface area contributed by atoms with Gasteiger partial charge in [-0.2, -0.15) is 5.10 Å². The number of piperidine rings is 1. The minimum absolute atomic E-state index is 0. The van der Waals surface area contributed by atoms with Gasteiger partial charge in [0.05, 0.1) is 0 Å². The van der Waals surface area contributed by atoms with E-state index in [-0.39, 0.29) is 24.2 Å². The van der Waals surface area contributed by atoms with Crippen molar-refractivity contribution >= 4 is 24.2 Å². The molecule has 2 heterocycles. The smallest absolute Gasteiger partial charge is 0.253 e. The largest absolute Gasteiger partial charge is 0.354 e. The summed E-state index contributed by atoms with van der Waals surface area (Å²) < 4.78 is 1.79. The van der Waals surface area contributed by atoms with Crippen molar-refractivity contribution in [2.75, 3.05) is 33.7 Å². The second-order valence-electron chi connectivity index (χ2n) is 7.14. The highest BCUT2D eigenvalue weighted by Gasteiger charge is 2.41. The summed E-state index contributed by atoms with van der Waals surface area (Å²) in [4.78, 5) is 26.7. The fourth-order valence-corrected chi connectivity index (χ4v) is 3.53. The molecule has 0 unspecified atom stereocenters. The van der Waals surface area contributed by atoms with Gasteiger partial charge in [0.2, 0.25) is 5.91 Å². The molecule has 0 radical (unpaired) electrons. The van der Waals surface area contributed by atoms with E-state index < -0.39 is 5.54 Å². The van der Waals surface area contributed by atoms with Gasteiger partial charge in [-0.15, -0.1) is 12.4 Å². The molecule has 0 spiro atoms. The van der Waals surface area contributed by atoms with Crippen molar-refractivity contribution in [3.05, 3.63) is 53.9 Å². The zero-order valence-corrected chi connectivity index (χ0v) is 17.2. The Balaban J connectivity index is 0.00000280. The van der Waals surface area contributed by atoms with Crippen LogP contribution in [-0.4, -0.2) is 60.2 Å². The van der Waals surface area contributed by atoms with Gasteiger partial charge < -0.3 is 15.5 Å². The van der Waals surface area contributed by atoms with Crippen LogP contribution < -0.4 is 10.6 Å². The third kappa shape index (κ3) is 4.72. The number of aromatic nitrogens is 2. The monoisotopic (exact) mass is 405 g/mol. The fraction of sp³-hybridized carbons (Fsp3) is 0.450. The van der Waals surface area contributed by atoms with Gasteiger partial charge >= 0.3 is 0 Å². The van der Waals surface area contributed by atoms with Crippen LogP contribution in [0.15, 0.2) is 42.7 Å². The molecule has 1 aromatic heterocycles. The third-order valence-electron chi connectivity index (χ3n) is 5.08. The van der Waals surface area contributed by atoms with Crippen molar-refractivity contribution in [3.8, 4) is 0 Å². The normalized spacial score (nSPS) is 15.4. The topological polar surface area (TPSA) is 79.3 Å². The second kappa shape index (κ2) is 9.71. The highest BCUT2D eigenvalue weighted by molar-refractivity contribution is 5.94. The lowest BCUT2D eigenvalue weighted by Crippen LogP contribution is -2.54. The van der Waals surface area contributed by atoms with E-state index in [1.807, 2.05) is 36.5 Å². The summed E-state index contributed by atoms with van der Waals surface area (Å²) in [5.41, 5.74) is 1.06. The molecule has 7 nitrogen and oxygen atoms in total. The first-order valence-corrected chi connectivity index (χ1v) is 9.33. The van der Waals surface area contributed by atoms with Crippen LogP contribution in [0.25, 0.3) is 0 Å². The van der Waals surface area contributed by atoms with Crippen LogP contribution in [0.3, 0.4) is 0 Å². The van der Waals surface area contributed by atoms with Crippen molar-refractivity contribution in [2.24, 2.45) is 0 Å². The first-order valence-electron chi connectivity index (χ1n) is 9.33. The molecule has 1 aromatic carbocycles. The molecule has 8 heteroatoms. The molecule has 1 aliphatic rings. The van der Waals surface area contributed by atoms with Gasteiger partial charge in [0.1, 0.15) is 5.54 Å². The molecule has 0 bridgehead atoms. The maximum Gasteiger partial charge on any atom is 0.253 e. The minimum Gasteiger partial charge on any atom is -0.354 e. The van der Waals surface area contributed by atoms with Crippen molar-refractivity contribution in [3.63, 3.8) is 0 Å². The summed E-state index contributed by atoms with van der Waals surface area (Å²) in [6, 6.07) is 9.41. The number of hydrogen-bond donors (Lipinski definition) is 2. The van der Waals surface area contributed by atoms with E-state index in [0.717, 1.165) is 18.7 Å². The predicted octanol–water partition coefficient (Wildman–Crippen LogP) is 1.44. The summed E-state index contributed by atoms with van der Waals surface area (Å²) in [6.45, 7) is 2.11. The van der Waals surface area contributed by atoms with E-state index in [1.54, 1.807) is 29.9 Å². The van der Waals surface area contributed by atoms with Gasteiger partial charge in [-0.1, -0.05) is 12.1 Å². The van der Waals surface area contributed by atoms with Crippen LogP contribution in [-0.2, 0) is 16.8 Å². The molecule has 0 saturated carbocycles. The highest BCUT2D eigenvalue weighted by Crippen LogP contribution is 2.27. The first kappa shape index (κ1) is 21.9. The van der Waals surface area contributed by atoms with E-state index in [0.29, 0.717) is 31.4 Å². The number of amides is 2. The molecule has 2 amide bonds.